The zero-order valence-electron chi connectivity index (χ0n) is 8.58. The summed E-state index contributed by atoms with van der Waals surface area (Å²) in [6, 6.07) is 6.59. The monoisotopic (exact) mass is 300 g/mol. The predicted octanol–water partition coefficient (Wildman–Crippen LogP) is 4.04. The molecule has 84 valence electrons. The first-order chi connectivity index (χ1) is 7.59. The lowest BCUT2D eigenvalue weighted by molar-refractivity contribution is 0.218. The number of hydrogen-bond acceptors (Lipinski definition) is 2. The maximum Gasteiger partial charge on any atom is 0.129 e. The van der Waals surface area contributed by atoms with Crippen molar-refractivity contribution in [2.75, 3.05) is 0 Å². The third kappa shape index (κ3) is 2.19. The van der Waals surface area contributed by atoms with E-state index in [1.165, 1.54) is 17.4 Å². The SMILES string of the molecule is Cc1ccc(F)c(C(O)c2sccc2Br)c1. The van der Waals surface area contributed by atoms with Gasteiger partial charge < -0.3 is 5.11 Å². The summed E-state index contributed by atoms with van der Waals surface area (Å²) in [7, 11) is 0. The van der Waals surface area contributed by atoms with Gasteiger partial charge in [-0.3, -0.25) is 0 Å². The van der Waals surface area contributed by atoms with Gasteiger partial charge in [-0.25, -0.2) is 4.39 Å². The number of hydrogen-bond donors (Lipinski definition) is 1. The summed E-state index contributed by atoms with van der Waals surface area (Å²) < 4.78 is 14.4. The van der Waals surface area contributed by atoms with Gasteiger partial charge in [0, 0.05) is 10.0 Å². The van der Waals surface area contributed by atoms with Crippen LogP contribution in [0.25, 0.3) is 0 Å². The Balaban J connectivity index is 2.45. The van der Waals surface area contributed by atoms with Gasteiger partial charge in [-0.1, -0.05) is 17.7 Å². The van der Waals surface area contributed by atoms with Crippen molar-refractivity contribution in [1.29, 1.82) is 0 Å². The van der Waals surface area contributed by atoms with Crippen LogP contribution in [0.3, 0.4) is 0 Å². The van der Waals surface area contributed by atoms with Crippen molar-refractivity contribution in [2.24, 2.45) is 0 Å². The number of halogens is 2. The Labute approximate surface area is 106 Å². The lowest BCUT2D eigenvalue weighted by Gasteiger charge is -2.11. The van der Waals surface area contributed by atoms with Crippen molar-refractivity contribution >= 4 is 27.3 Å². The van der Waals surface area contributed by atoms with Crippen LogP contribution in [0.15, 0.2) is 34.1 Å². The van der Waals surface area contributed by atoms with Gasteiger partial charge in [-0.05, 0) is 40.4 Å². The maximum absolute atomic E-state index is 13.6. The lowest BCUT2D eigenvalue weighted by atomic mass is 10.0. The van der Waals surface area contributed by atoms with Gasteiger partial charge in [0.2, 0.25) is 0 Å². The van der Waals surface area contributed by atoms with Crippen LogP contribution < -0.4 is 0 Å². The Morgan fingerprint density at radius 1 is 1.38 bits per heavy atom. The highest BCUT2D eigenvalue weighted by Crippen LogP contribution is 2.34. The lowest BCUT2D eigenvalue weighted by Crippen LogP contribution is -2.01. The second-order valence-corrected chi connectivity index (χ2v) is 5.36. The fourth-order valence-corrected chi connectivity index (χ4v) is 3.11. The van der Waals surface area contributed by atoms with E-state index in [-0.39, 0.29) is 5.82 Å². The quantitative estimate of drug-likeness (QED) is 0.887. The minimum atomic E-state index is -0.908. The number of thiophene rings is 1. The summed E-state index contributed by atoms with van der Waals surface area (Å²) in [4.78, 5) is 0.726. The third-order valence-corrected chi connectivity index (χ3v) is 4.26. The number of aliphatic hydroxyl groups is 1. The molecule has 0 bridgehead atoms. The van der Waals surface area contributed by atoms with Gasteiger partial charge >= 0.3 is 0 Å². The second-order valence-electron chi connectivity index (χ2n) is 3.56. The van der Waals surface area contributed by atoms with Gasteiger partial charge in [0.05, 0.1) is 4.88 Å². The molecule has 0 aliphatic rings. The molecule has 1 heterocycles. The summed E-state index contributed by atoms with van der Waals surface area (Å²) >= 11 is 4.74. The average molecular weight is 301 g/mol. The molecule has 1 N–H and O–H groups in total. The molecule has 0 saturated carbocycles. The number of aliphatic hydroxyl groups excluding tert-OH is 1. The van der Waals surface area contributed by atoms with Crippen molar-refractivity contribution in [3.05, 3.63) is 55.9 Å². The summed E-state index contributed by atoms with van der Waals surface area (Å²) in [5.74, 6) is -0.376. The zero-order chi connectivity index (χ0) is 11.7. The van der Waals surface area contributed by atoms with E-state index in [4.69, 9.17) is 0 Å². The van der Waals surface area contributed by atoms with Crippen molar-refractivity contribution in [1.82, 2.24) is 0 Å². The molecular weight excluding hydrogens is 291 g/mol. The van der Waals surface area contributed by atoms with Crippen LogP contribution in [0.2, 0.25) is 0 Å². The van der Waals surface area contributed by atoms with Crippen LogP contribution >= 0.6 is 27.3 Å². The molecule has 0 saturated heterocycles. The molecule has 0 radical (unpaired) electrons. The number of benzene rings is 1. The molecule has 0 aliphatic heterocycles. The predicted molar refractivity (Wildman–Crippen MR) is 67.2 cm³/mol. The minimum Gasteiger partial charge on any atom is -0.383 e. The number of aryl methyl sites for hydroxylation is 1. The highest BCUT2D eigenvalue weighted by Gasteiger charge is 2.18. The maximum atomic E-state index is 13.6. The van der Waals surface area contributed by atoms with E-state index < -0.39 is 6.10 Å². The van der Waals surface area contributed by atoms with Crippen molar-refractivity contribution in [3.8, 4) is 0 Å². The van der Waals surface area contributed by atoms with Crippen molar-refractivity contribution in [2.45, 2.75) is 13.0 Å². The summed E-state index contributed by atoms with van der Waals surface area (Å²) in [6.07, 6.45) is -0.908. The molecular formula is C12H10BrFOS. The molecule has 4 heteroatoms. The fraction of sp³-hybridized carbons (Fsp3) is 0.167. The van der Waals surface area contributed by atoms with Crippen LogP contribution in [-0.4, -0.2) is 5.11 Å². The van der Waals surface area contributed by atoms with Gasteiger partial charge in [0.25, 0.3) is 0 Å². The number of rotatable bonds is 2. The van der Waals surface area contributed by atoms with Crippen LogP contribution in [0.5, 0.6) is 0 Å². The zero-order valence-corrected chi connectivity index (χ0v) is 11.0. The van der Waals surface area contributed by atoms with Gasteiger partial charge in [0.1, 0.15) is 11.9 Å². The Bertz CT molecular complexity index is 509. The Hall–Kier alpha value is -0.710. The molecule has 2 rings (SSSR count). The van der Waals surface area contributed by atoms with E-state index >= 15 is 0 Å². The largest absolute Gasteiger partial charge is 0.383 e. The fourth-order valence-electron chi connectivity index (χ4n) is 1.51. The molecule has 1 atom stereocenters. The molecule has 1 unspecified atom stereocenters. The Kier molecular flexibility index (Phi) is 3.42. The van der Waals surface area contributed by atoms with Gasteiger partial charge in [-0.15, -0.1) is 11.3 Å². The van der Waals surface area contributed by atoms with Gasteiger partial charge in [-0.2, -0.15) is 0 Å². The minimum absolute atomic E-state index is 0.322. The molecule has 0 spiro atoms. The Morgan fingerprint density at radius 2 is 2.12 bits per heavy atom. The topological polar surface area (TPSA) is 20.2 Å². The molecule has 2 aromatic rings. The molecule has 16 heavy (non-hydrogen) atoms. The van der Waals surface area contributed by atoms with E-state index in [1.54, 1.807) is 12.1 Å². The first kappa shape index (κ1) is 11.8. The Morgan fingerprint density at radius 3 is 2.75 bits per heavy atom. The summed E-state index contributed by atoms with van der Waals surface area (Å²) in [5.41, 5.74) is 1.26. The first-order valence-corrected chi connectivity index (χ1v) is 6.44. The molecule has 0 amide bonds. The van der Waals surface area contributed by atoms with E-state index in [9.17, 15) is 9.50 Å². The smallest absolute Gasteiger partial charge is 0.129 e. The van der Waals surface area contributed by atoms with Crippen LogP contribution in [0.4, 0.5) is 4.39 Å². The normalized spacial score (nSPS) is 12.8. The highest BCUT2D eigenvalue weighted by atomic mass is 79.9. The summed E-state index contributed by atoms with van der Waals surface area (Å²) in [6.45, 7) is 1.87. The van der Waals surface area contributed by atoms with Crippen LogP contribution in [-0.2, 0) is 0 Å². The van der Waals surface area contributed by atoms with E-state index in [0.29, 0.717) is 5.56 Å². The average Bonchev–Trinajstić information content (AvgIpc) is 2.67. The van der Waals surface area contributed by atoms with E-state index in [0.717, 1.165) is 14.9 Å². The van der Waals surface area contributed by atoms with Gasteiger partial charge in [0.15, 0.2) is 0 Å². The van der Waals surface area contributed by atoms with Crippen LogP contribution in [0.1, 0.15) is 22.1 Å². The summed E-state index contributed by atoms with van der Waals surface area (Å²) in [5, 5.41) is 12.0. The van der Waals surface area contributed by atoms with E-state index in [2.05, 4.69) is 15.9 Å². The van der Waals surface area contributed by atoms with Crippen molar-refractivity contribution < 1.29 is 9.50 Å². The highest BCUT2D eigenvalue weighted by molar-refractivity contribution is 9.10. The first-order valence-electron chi connectivity index (χ1n) is 4.76. The second kappa shape index (κ2) is 4.65. The van der Waals surface area contributed by atoms with Crippen molar-refractivity contribution in [3.63, 3.8) is 0 Å². The molecule has 1 aromatic heterocycles. The van der Waals surface area contributed by atoms with Crippen LogP contribution in [0, 0.1) is 12.7 Å². The molecule has 0 fully saturated rings. The third-order valence-electron chi connectivity index (χ3n) is 2.34. The standard InChI is InChI=1S/C12H10BrFOS/c1-7-2-3-10(14)8(6-7)11(15)12-9(13)4-5-16-12/h2-6,11,15H,1H3. The molecule has 1 nitrogen and oxygen atoms in total. The molecule has 0 aliphatic carbocycles. The van der Waals surface area contributed by atoms with E-state index in [1.807, 2.05) is 18.4 Å². The molecule has 1 aromatic carbocycles.